The van der Waals surface area contributed by atoms with Gasteiger partial charge in [-0.3, -0.25) is 0 Å². The quantitative estimate of drug-likeness (QED) is 0.906. The Bertz CT molecular complexity index is 611. The van der Waals surface area contributed by atoms with Crippen molar-refractivity contribution in [3.8, 4) is 11.3 Å². The first-order valence-corrected chi connectivity index (χ1v) is 6.04. The molecular weight excluding hydrogens is 253 g/mol. The molecule has 1 aliphatic carbocycles. The molecule has 1 aliphatic rings. The van der Waals surface area contributed by atoms with Crippen LogP contribution < -0.4 is 5.73 Å². The molecule has 0 saturated heterocycles. The van der Waals surface area contributed by atoms with Crippen molar-refractivity contribution < 1.29 is 4.39 Å². The maximum Gasteiger partial charge on any atom is 0.148 e. The molecule has 92 valence electrons. The predicted octanol–water partition coefficient (Wildman–Crippen LogP) is 2.88. The van der Waals surface area contributed by atoms with Gasteiger partial charge in [0.1, 0.15) is 11.6 Å². The van der Waals surface area contributed by atoms with Crippen molar-refractivity contribution in [3.63, 3.8) is 0 Å². The number of halogens is 2. The van der Waals surface area contributed by atoms with E-state index in [2.05, 4.69) is 9.97 Å². The summed E-state index contributed by atoms with van der Waals surface area (Å²) in [6.07, 6.45) is 3.34. The number of hydrogen-bond acceptors (Lipinski definition) is 3. The van der Waals surface area contributed by atoms with Crippen LogP contribution in [-0.2, 0) is 5.54 Å². The second-order valence-electron chi connectivity index (χ2n) is 4.55. The van der Waals surface area contributed by atoms with E-state index < -0.39 is 5.54 Å². The SMILES string of the molecule is NC1(c2nccc(-c3cc(Cl)ccc3F)n2)CC1. The van der Waals surface area contributed by atoms with E-state index >= 15 is 0 Å². The average molecular weight is 264 g/mol. The molecule has 1 saturated carbocycles. The molecule has 1 aromatic heterocycles. The summed E-state index contributed by atoms with van der Waals surface area (Å²) in [5.74, 6) is 0.213. The highest BCUT2D eigenvalue weighted by atomic mass is 35.5. The smallest absolute Gasteiger partial charge is 0.148 e. The summed E-state index contributed by atoms with van der Waals surface area (Å²) in [6.45, 7) is 0. The highest BCUT2D eigenvalue weighted by Crippen LogP contribution is 2.41. The topological polar surface area (TPSA) is 51.8 Å². The lowest BCUT2D eigenvalue weighted by Crippen LogP contribution is -2.22. The molecule has 0 aliphatic heterocycles. The summed E-state index contributed by atoms with van der Waals surface area (Å²) in [6, 6.07) is 6.05. The van der Waals surface area contributed by atoms with Gasteiger partial charge in [0.15, 0.2) is 0 Å². The molecule has 2 aromatic rings. The fourth-order valence-corrected chi connectivity index (χ4v) is 1.97. The molecular formula is C13H11ClFN3. The average Bonchev–Trinajstić information content (AvgIpc) is 3.12. The number of rotatable bonds is 2. The minimum Gasteiger partial charge on any atom is -0.319 e. The largest absolute Gasteiger partial charge is 0.319 e. The van der Waals surface area contributed by atoms with Crippen molar-refractivity contribution in [1.29, 1.82) is 0 Å². The molecule has 0 atom stereocenters. The second kappa shape index (κ2) is 4.00. The van der Waals surface area contributed by atoms with Crippen LogP contribution in [-0.4, -0.2) is 9.97 Å². The van der Waals surface area contributed by atoms with Gasteiger partial charge >= 0.3 is 0 Å². The molecule has 3 nitrogen and oxygen atoms in total. The molecule has 0 unspecified atom stereocenters. The molecule has 0 amide bonds. The molecule has 2 N–H and O–H groups in total. The third-order valence-electron chi connectivity index (χ3n) is 3.09. The molecule has 1 heterocycles. The number of aromatic nitrogens is 2. The van der Waals surface area contributed by atoms with Crippen molar-refractivity contribution >= 4 is 11.6 Å². The third kappa shape index (κ3) is 1.98. The molecule has 1 aromatic carbocycles. The Hall–Kier alpha value is -1.52. The lowest BCUT2D eigenvalue weighted by atomic mass is 10.1. The highest BCUT2D eigenvalue weighted by Gasteiger charge is 2.43. The summed E-state index contributed by atoms with van der Waals surface area (Å²) in [5, 5.41) is 0.473. The van der Waals surface area contributed by atoms with Gasteiger partial charge in [-0.05, 0) is 37.1 Å². The van der Waals surface area contributed by atoms with Crippen LogP contribution in [0.4, 0.5) is 4.39 Å². The third-order valence-corrected chi connectivity index (χ3v) is 3.33. The van der Waals surface area contributed by atoms with E-state index in [-0.39, 0.29) is 5.82 Å². The summed E-state index contributed by atoms with van der Waals surface area (Å²) in [4.78, 5) is 8.50. The Morgan fingerprint density at radius 3 is 2.78 bits per heavy atom. The van der Waals surface area contributed by atoms with Crippen LogP contribution in [0.5, 0.6) is 0 Å². The fraction of sp³-hybridized carbons (Fsp3) is 0.231. The number of hydrogen-bond donors (Lipinski definition) is 1. The zero-order valence-corrected chi connectivity index (χ0v) is 10.3. The minimum absolute atomic E-state index is 0.356. The zero-order chi connectivity index (χ0) is 12.8. The summed E-state index contributed by atoms with van der Waals surface area (Å²) < 4.78 is 13.7. The Morgan fingerprint density at radius 1 is 1.28 bits per heavy atom. The molecule has 1 fully saturated rings. The first kappa shape index (κ1) is 11.6. The molecule has 5 heteroatoms. The molecule has 0 radical (unpaired) electrons. The van der Waals surface area contributed by atoms with Gasteiger partial charge in [0.2, 0.25) is 0 Å². The molecule has 3 rings (SSSR count). The van der Waals surface area contributed by atoms with Gasteiger partial charge in [0, 0.05) is 16.8 Å². The van der Waals surface area contributed by atoms with Crippen molar-refractivity contribution in [2.45, 2.75) is 18.4 Å². The van der Waals surface area contributed by atoms with Crippen LogP contribution in [0.15, 0.2) is 30.5 Å². The lowest BCUT2D eigenvalue weighted by Gasteiger charge is -2.09. The number of benzene rings is 1. The van der Waals surface area contributed by atoms with E-state index in [0.717, 1.165) is 12.8 Å². The summed E-state index contributed by atoms with van der Waals surface area (Å²) >= 11 is 5.87. The van der Waals surface area contributed by atoms with Gasteiger partial charge in [-0.1, -0.05) is 11.6 Å². The molecule has 18 heavy (non-hydrogen) atoms. The van der Waals surface area contributed by atoms with Crippen molar-refractivity contribution in [3.05, 3.63) is 47.1 Å². The van der Waals surface area contributed by atoms with Gasteiger partial charge in [0.05, 0.1) is 11.2 Å². The van der Waals surface area contributed by atoms with E-state index in [4.69, 9.17) is 17.3 Å². The van der Waals surface area contributed by atoms with Crippen molar-refractivity contribution in [1.82, 2.24) is 9.97 Å². The van der Waals surface area contributed by atoms with Gasteiger partial charge in [-0.25, -0.2) is 14.4 Å². The highest BCUT2D eigenvalue weighted by molar-refractivity contribution is 6.30. The first-order chi connectivity index (χ1) is 8.58. The normalized spacial score (nSPS) is 16.6. The molecule has 0 bridgehead atoms. The van der Waals surface area contributed by atoms with E-state index in [9.17, 15) is 4.39 Å². The predicted molar refractivity (Wildman–Crippen MR) is 67.5 cm³/mol. The maximum absolute atomic E-state index is 13.7. The Morgan fingerprint density at radius 2 is 2.06 bits per heavy atom. The van der Waals surface area contributed by atoms with Gasteiger partial charge in [-0.2, -0.15) is 0 Å². The van der Waals surface area contributed by atoms with Crippen molar-refractivity contribution in [2.24, 2.45) is 5.73 Å². The van der Waals surface area contributed by atoms with Gasteiger partial charge in [0.25, 0.3) is 0 Å². The number of nitrogens with zero attached hydrogens (tertiary/aromatic N) is 2. The van der Waals surface area contributed by atoms with E-state index in [1.54, 1.807) is 18.3 Å². The zero-order valence-electron chi connectivity index (χ0n) is 9.53. The van der Waals surface area contributed by atoms with Gasteiger partial charge in [-0.15, -0.1) is 0 Å². The van der Waals surface area contributed by atoms with Crippen molar-refractivity contribution in [2.75, 3.05) is 0 Å². The van der Waals surface area contributed by atoms with Crippen LogP contribution >= 0.6 is 11.6 Å². The van der Waals surface area contributed by atoms with Gasteiger partial charge < -0.3 is 5.73 Å². The summed E-state index contributed by atoms with van der Waals surface area (Å²) in [7, 11) is 0. The second-order valence-corrected chi connectivity index (χ2v) is 4.98. The van der Waals surface area contributed by atoms with Crippen LogP contribution in [0.25, 0.3) is 11.3 Å². The maximum atomic E-state index is 13.7. The fourth-order valence-electron chi connectivity index (χ4n) is 1.80. The van der Waals surface area contributed by atoms with Crippen LogP contribution in [0.1, 0.15) is 18.7 Å². The lowest BCUT2D eigenvalue weighted by molar-refractivity contribution is 0.629. The van der Waals surface area contributed by atoms with E-state index in [1.807, 2.05) is 0 Å². The summed E-state index contributed by atoms with van der Waals surface area (Å²) in [5.41, 5.74) is 6.49. The van der Waals surface area contributed by atoms with Crippen LogP contribution in [0.2, 0.25) is 5.02 Å². The standard InChI is InChI=1S/C13H11ClFN3/c14-8-1-2-10(15)9(7-8)11-3-6-17-12(18-11)13(16)4-5-13/h1-3,6-7H,4-5,16H2. The van der Waals surface area contributed by atoms with Crippen LogP contribution in [0, 0.1) is 5.82 Å². The molecule has 0 spiro atoms. The van der Waals surface area contributed by atoms with Crippen LogP contribution in [0.3, 0.4) is 0 Å². The van der Waals surface area contributed by atoms with E-state index in [0.29, 0.717) is 22.1 Å². The Labute approximate surface area is 109 Å². The Balaban J connectivity index is 2.09. The monoisotopic (exact) mass is 263 g/mol. The van der Waals surface area contributed by atoms with E-state index in [1.165, 1.54) is 12.1 Å². The minimum atomic E-state index is -0.426. The number of nitrogens with two attached hydrogens (primary N) is 1. The first-order valence-electron chi connectivity index (χ1n) is 5.66. The Kier molecular flexibility index (Phi) is 2.57.